The SMILES string of the molecule is CC(C)C(=O)N1C[C@@H]2CN(C(=O)CCCc3ccccc3)C[C@]2(CO)C1. The van der Waals surface area contributed by atoms with Gasteiger partial charge in [0.1, 0.15) is 0 Å². The number of benzene rings is 1. The van der Waals surface area contributed by atoms with Gasteiger partial charge in [0.25, 0.3) is 0 Å². The van der Waals surface area contributed by atoms with Gasteiger partial charge < -0.3 is 14.9 Å². The molecule has 1 N–H and O–H groups in total. The van der Waals surface area contributed by atoms with Gasteiger partial charge in [0.05, 0.1) is 6.61 Å². The standard InChI is InChI=1S/C21H30N2O3/c1-16(2)20(26)23-12-18-11-22(13-21(18,14-23)15-24)19(25)10-6-9-17-7-4-3-5-8-17/h3-5,7-8,16,18,24H,6,9-15H2,1-2H3/t18-,21+/m0/s1. The monoisotopic (exact) mass is 358 g/mol. The van der Waals surface area contributed by atoms with E-state index in [1.807, 2.05) is 41.8 Å². The van der Waals surface area contributed by atoms with Gasteiger partial charge in [-0.15, -0.1) is 0 Å². The van der Waals surface area contributed by atoms with Crippen LogP contribution in [0.3, 0.4) is 0 Å². The third kappa shape index (κ3) is 3.78. The molecular formula is C21H30N2O3. The van der Waals surface area contributed by atoms with E-state index in [0.717, 1.165) is 12.8 Å². The normalized spacial score (nSPS) is 25.0. The minimum atomic E-state index is -0.334. The number of carbonyl (C=O) groups is 2. The van der Waals surface area contributed by atoms with Crippen molar-refractivity contribution in [1.29, 1.82) is 0 Å². The summed E-state index contributed by atoms with van der Waals surface area (Å²) in [4.78, 5) is 28.7. The predicted molar refractivity (Wildman–Crippen MR) is 100 cm³/mol. The first-order valence-electron chi connectivity index (χ1n) is 9.66. The minimum absolute atomic E-state index is 0.0275. The van der Waals surface area contributed by atoms with E-state index in [9.17, 15) is 14.7 Å². The number of carbonyl (C=O) groups excluding carboxylic acids is 2. The molecule has 5 heteroatoms. The van der Waals surface area contributed by atoms with Crippen LogP contribution in [0.1, 0.15) is 32.3 Å². The third-order valence-electron chi connectivity index (χ3n) is 5.93. The zero-order chi connectivity index (χ0) is 18.7. The fourth-order valence-corrected chi connectivity index (χ4v) is 4.37. The lowest BCUT2D eigenvalue weighted by Crippen LogP contribution is -2.41. The molecule has 3 rings (SSSR count). The van der Waals surface area contributed by atoms with Crippen LogP contribution in [0.2, 0.25) is 0 Å². The lowest BCUT2D eigenvalue weighted by molar-refractivity contribution is -0.134. The molecular weight excluding hydrogens is 328 g/mol. The van der Waals surface area contributed by atoms with Crippen LogP contribution < -0.4 is 0 Å². The van der Waals surface area contributed by atoms with Crippen molar-refractivity contribution in [3.8, 4) is 0 Å². The van der Waals surface area contributed by atoms with Crippen LogP contribution >= 0.6 is 0 Å². The average Bonchev–Trinajstić information content (AvgIpc) is 3.16. The summed E-state index contributed by atoms with van der Waals surface area (Å²) >= 11 is 0. The van der Waals surface area contributed by atoms with E-state index < -0.39 is 0 Å². The summed E-state index contributed by atoms with van der Waals surface area (Å²) in [5.74, 6) is 0.478. The van der Waals surface area contributed by atoms with Gasteiger partial charge in [-0.05, 0) is 18.4 Å². The van der Waals surface area contributed by atoms with Crippen LogP contribution in [0.5, 0.6) is 0 Å². The van der Waals surface area contributed by atoms with Crippen molar-refractivity contribution in [2.75, 3.05) is 32.8 Å². The molecule has 2 atom stereocenters. The summed E-state index contributed by atoms with van der Waals surface area (Å²) < 4.78 is 0. The Morgan fingerprint density at radius 1 is 1.15 bits per heavy atom. The molecule has 0 aromatic heterocycles. The molecule has 2 saturated heterocycles. The zero-order valence-corrected chi connectivity index (χ0v) is 15.9. The van der Waals surface area contributed by atoms with Crippen molar-refractivity contribution in [3.05, 3.63) is 35.9 Å². The lowest BCUT2D eigenvalue weighted by Gasteiger charge is -2.28. The molecule has 2 amide bonds. The van der Waals surface area contributed by atoms with E-state index in [4.69, 9.17) is 0 Å². The third-order valence-corrected chi connectivity index (χ3v) is 5.93. The quantitative estimate of drug-likeness (QED) is 0.845. The Bertz CT molecular complexity index is 646. The number of rotatable bonds is 6. The fourth-order valence-electron chi connectivity index (χ4n) is 4.37. The first-order chi connectivity index (χ1) is 12.4. The maximum absolute atomic E-state index is 12.6. The molecule has 0 unspecified atom stereocenters. The first-order valence-corrected chi connectivity index (χ1v) is 9.66. The number of aryl methyl sites for hydroxylation is 1. The smallest absolute Gasteiger partial charge is 0.225 e. The van der Waals surface area contributed by atoms with Gasteiger partial charge in [-0.1, -0.05) is 44.2 Å². The number of likely N-dealkylation sites (tertiary alicyclic amines) is 2. The van der Waals surface area contributed by atoms with E-state index >= 15 is 0 Å². The van der Waals surface area contributed by atoms with Gasteiger partial charge in [0, 0.05) is 49.9 Å². The molecule has 2 heterocycles. The molecule has 2 fully saturated rings. The number of aliphatic hydroxyl groups excluding tert-OH is 1. The van der Waals surface area contributed by atoms with Gasteiger partial charge in [-0.25, -0.2) is 0 Å². The van der Waals surface area contributed by atoms with Gasteiger partial charge in [-0.2, -0.15) is 0 Å². The second-order valence-corrected chi connectivity index (χ2v) is 8.20. The molecule has 2 aliphatic rings. The molecule has 26 heavy (non-hydrogen) atoms. The molecule has 2 aliphatic heterocycles. The number of hydrogen-bond acceptors (Lipinski definition) is 3. The summed E-state index contributed by atoms with van der Waals surface area (Å²) in [5, 5.41) is 10.0. The fraction of sp³-hybridized carbons (Fsp3) is 0.619. The topological polar surface area (TPSA) is 60.9 Å². The second kappa shape index (κ2) is 7.78. The molecule has 0 saturated carbocycles. The summed E-state index contributed by atoms with van der Waals surface area (Å²) in [6, 6.07) is 10.2. The lowest BCUT2D eigenvalue weighted by atomic mass is 9.82. The number of aliphatic hydroxyl groups is 1. The molecule has 0 spiro atoms. The Balaban J connectivity index is 1.53. The first kappa shape index (κ1) is 18.9. The number of hydrogen-bond donors (Lipinski definition) is 1. The Morgan fingerprint density at radius 2 is 1.81 bits per heavy atom. The number of fused-ring (bicyclic) bond motifs is 1. The van der Waals surface area contributed by atoms with Crippen LogP contribution in [0.25, 0.3) is 0 Å². The molecule has 0 aliphatic carbocycles. The highest BCUT2D eigenvalue weighted by Crippen LogP contribution is 2.42. The summed E-state index contributed by atoms with van der Waals surface area (Å²) in [7, 11) is 0. The van der Waals surface area contributed by atoms with E-state index in [0.29, 0.717) is 32.6 Å². The summed E-state index contributed by atoms with van der Waals surface area (Å²) in [6.07, 6.45) is 2.29. The molecule has 1 aromatic rings. The Labute approximate surface area is 156 Å². The van der Waals surface area contributed by atoms with E-state index in [1.165, 1.54) is 5.56 Å². The van der Waals surface area contributed by atoms with Gasteiger partial charge in [-0.3, -0.25) is 9.59 Å². The van der Waals surface area contributed by atoms with Crippen LogP contribution in [-0.2, 0) is 16.0 Å². The molecule has 142 valence electrons. The second-order valence-electron chi connectivity index (χ2n) is 8.20. The van der Waals surface area contributed by atoms with E-state index in [1.54, 1.807) is 0 Å². The van der Waals surface area contributed by atoms with E-state index in [2.05, 4.69) is 12.1 Å². The van der Waals surface area contributed by atoms with E-state index in [-0.39, 0.29) is 35.7 Å². The van der Waals surface area contributed by atoms with Crippen LogP contribution in [0.15, 0.2) is 30.3 Å². The molecule has 0 radical (unpaired) electrons. The van der Waals surface area contributed by atoms with Crippen LogP contribution in [0, 0.1) is 17.3 Å². The van der Waals surface area contributed by atoms with Crippen LogP contribution in [-0.4, -0.2) is 59.5 Å². The van der Waals surface area contributed by atoms with Crippen molar-refractivity contribution in [3.63, 3.8) is 0 Å². The highest BCUT2D eigenvalue weighted by molar-refractivity contribution is 5.79. The maximum Gasteiger partial charge on any atom is 0.225 e. The predicted octanol–water partition coefficient (Wildman–Crippen LogP) is 1.94. The minimum Gasteiger partial charge on any atom is -0.396 e. The molecule has 5 nitrogen and oxygen atoms in total. The molecule has 1 aromatic carbocycles. The summed E-state index contributed by atoms with van der Waals surface area (Å²) in [6.45, 7) is 6.31. The molecule has 0 bridgehead atoms. The van der Waals surface area contributed by atoms with Gasteiger partial charge in [0.15, 0.2) is 0 Å². The van der Waals surface area contributed by atoms with Crippen molar-refractivity contribution in [1.82, 2.24) is 9.80 Å². The Morgan fingerprint density at radius 3 is 2.42 bits per heavy atom. The summed E-state index contributed by atoms with van der Waals surface area (Å²) in [5.41, 5.74) is 0.924. The van der Waals surface area contributed by atoms with Crippen molar-refractivity contribution in [2.45, 2.75) is 33.1 Å². The zero-order valence-electron chi connectivity index (χ0n) is 15.9. The maximum atomic E-state index is 12.6. The van der Waals surface area contributed by atoms with Gasteiger partial charge in [0.2, 0.25) is 11.8 Å². The van der Waals surface area contributed by atoms with Crippen molar-refractivity contribution < 1.29 is 14.7 Å². The Hall–Kier alpha value is -1.88. The van der Waals surface area contributed by atoms with Crippen LogP contribution in [0.4, 0.5) is 0 Å². The largest absolute Gasteiger partial charge is 0.396 e. The number of amides is 2. The highest BCUT2D eigenvalue weighted by atomic mass is 16.3. The Kier molecular flexibility index (Phi) is 5.66. The van der Waals surface area contributed by atoms with Gasteiger partial charge >= 0.3 is 0 Å². The highest BCUT2D eigenvalue weighted by Gasteiger charge is 2.54. The average molecular weight is 358 g/mol. The van der Waals surface area contributed by atoms with Crippen molar-refractivity contribution in [2.24, 2.45) is 17.3 Å². The number of nitrogens with zero attached hydrogens (tertiary/aromatic N) is 2. The van der Waals surface area contributed by atoms with Crippen molar-refractivity contribution >= 4 is 11.8 Å².